The number of hydrogen-bond donors (Lipinski definition) is 3. The number of pyridine rings is 1. The Morgan fingerprint density at radius 3 is 2.32 bits per heavy atom. The van der Waals surface area contributed by atoms with Gasteiger partial charge >= 0.3 is 12.3 Å². The Balaban J connectivity index is 1.54. The summed E-state index contributed by atoms with van der Waals surface area (Å²) in [7, 11) is 0. The lowest BCUT2D eigenvalue weighted by molar-refractivity contribution is -0.138. The number of nitrogens with one attached hydrogen (secondary N) is 2. The first-order valence-electron chi connectivity index (χ1n) is 11.5. The number of carbonyl (C=O) groups is 3. The molecule has 2 aromatic carbocycles. The van der Waals surface area contributed by atoms with Crippen LogP contribution in [0.15, 0.2) is 48.5 Å². The van der Waals surface area contributed by atoms with E-state index in [1.54, 1.807) is 18.2 Å². The number of halogens is 3. The minimum Gasteiger partial charge on any atom is -0.465 e. The largest absolute Gasteiger partial charge is 0.465 e. The molecule has 3 aromatic rings. The van der Waals surface area contributed by atoms with Crippen LogP contribution in [0.5, 0.6) is 0 Å². The molecule has 1 aliphatic carbocycles. The van der Waals surface area contributed by atoms with Gasteiger partial charge in [-0.3, -0.25) is 19.9 Å². The van der Waals surface area contributed by atoms with Crippen molar-refractivity contribution in [3.8, 4) is 11.1 Å². The molecule has 1 heterocycles. The van der Waals surface area contributed by atoms with E-state index in [-0.39, 0.29) is 16.8 Å². The molecule has 0 bridgehead atoms. The summed E-state index contributed by atoms with van der Waals surface area (Å²) >= 11 is 0. The minimum absolute atomic E-state index is 0.224. The third kappa shape index (κ3) is 6.32. The lowest BCUT2D eigenvalue weighted by Crippen LogP contribution is -2.20. The molecule has 1 fully saturated rings. The molecular formula is C27H24F3N3O4. The molecule has 37 heavy (non-hydrogen) atoms. The lowest BCUT2D eigenvalue weighted by atomic mass is 9.99. The zero-order valence-corrected chi connectivity index (χ0v) is 20.1. The van der Waals surface area contributed by atoms with Gasteiger partial charge < -0.3 is 10.4 Å². The SMILES string of the molecule is Cc1cc(-c2cccc(C(=O)CC(=O)Nc3cc(C(F)(F)F)c(C)cc3NC(=O)O)c2)cc(C2CC2)n1. The quantitative estimate of drug-likeness (QED) is 0.246. The number of benzene rings is 2. The van der Waals surface area contributed by atoms with Gasteiger partial charge in [0.15, 0.2) is 5.78 Å². The van der Waals surface area contributed by atoms with Crippen molar-refractivity contribution in [3.63, 3.8) is 0 Å². The van der Waals surface area contributed by atoms with Crippen LogP contribution in [0.2, 0.25) is 0 Å². The van der Waals surface area contributed by atoms with Gasteiger partial charge in [0.05, 0.1) is 23.4 Å². The molecular weight excluding hydrogens is 487 g/mol. The summed E-state index contributed by atoms with van der Waals surface area (Å²) in [5.74, 6) is -0.965. The maximum absolute atomic E-state index is 13.4. The Kier molecular flexibility index (Phi) is 7.02. The standard InChI is InChI=1S/C27H24F3N3O4/c1-14-8-22(33-26(36)37)23(12-20(14)27(28,29)30)32-25(35)13-24(34)18-5-3-4-17(10-18)19-9-15(2)31-21(11-19)16-6-7-16/h3-5,8-12,16,33H,6-7,13H2,1-2H3,(H,32,35)(H,36,37). The average Bonchev–Trinajstić information content (AvgIpc) is 3.65. The monoisotopic (exact) mass is 511 g/mol. The molecule has 0 unspecified atom stereocenters. The number of alkyl halides is 3. The van der Waals surface area contributed by atoms with Crippen molar-refractivity contribution >= 4 is 29.2 Å². The maximum Gasteiger partial charge on any atom is 0.416 e. The van der Waals surface area contributed by atoms with Crippen molar-refractivity contribution in [1.29, 1.82) is 0 Å². The zero-order valence-electron chi connectivity index (χ0n) is 20.1. The van der Waals surface area contributed by atoms with Crippen molar-refractivity contribution in [2.24, 2.45) is 0 Å². The zero-order chi connectivity index (χ0) is 26.9. The predicted molar refractivity (Wildman–Crippen MR) is 132 cm³/mol. The fourth-order valence-electron chi connectivity index (χ4n) is 4.10. The van der Waals surface area contributed by atoms with Crippen LogP contribution >= 0.6 is 0 Å². The molecule has 7 nitrogen and oxygen atoms in total. The number of ketones is 1. The van der Waals surface area contributed by atoms with E-state index in [4.69, 9.17) is 5.11 Å². The van der Waals surface area contributed by atoms with Crippen LogP contribution in [-0.2, 0) is 11.0 Å². The molecule has 3 N–H and O–H groups in total. The molecule has 1 aromatic heterocycles. The molecule has 0 spiro atoms. The molecule has 10 heteroatoms. The van der Waals surface area contributed by atoms with Gasteiger partial charge in [0.2, 0.25) is 5.91 Å². The number of carbonyl (C=O) groups excluding carboxylic acids is 2. The average molecular weight is 512 g/mol. The van der Waals surface area contributed by atoms with Crippen molar-refractivity contribution < 1.29 is 32.7 Å². The Hall–Kier alpha value is -4.21. The van der Waals surface area contributed by atoms with E-state index < -0.39 is 41.6 Å². The van der Waals surface area contributed by atoms with Gasteiger partial charge in [-0.25, -0.2) is 4.79 Å². The second-order valence-electron chi connectivity index (χ2n) is 9.07. The minimum atomic E-state index is -4.72. The summed E-state index contributed by atoms with van der Waals surface area (Å²) < 4.78 is 40.1. The Bertz CT molecular complexity index is 1400. The van der Waals surface area contributed by atoms with Crippen molar-refractivity contribution in [1.82, 2.24) is 4.98 Å². The lowest BCUT2D eigenvalue weighted by Gasteiger charge is -2.17. The highest BCUT2D eigenvalue weighted by atomic mass is 19.4. The number of Topliss-reactive ketones (excluding diaryl/α,β-unsaturated/α-hetero) is 1. The number of amides is 2. The summed E-state index contributed by atoms with van der Waals surface area (Å²) in [5, 5.41) is 13.2. The molecule has 1 saturated carbocycles. The third-order valence-electron chi connectivity index (χ3n) is 5.99. The second-order valence-corrected chi connectivity index (χ2v) is 9.07. The van der Waals surface area contributed by atoms with Crippen LogP contribution in [0, 0.1) is 13.8 Å². The van der Waals surface area contributed by atoms with Crippen LogP contribution in [0.1, 0.15) is 58.1 Å². The Morgan fingerprint density at radius 2 is 1.68 bits per heavy atom. The van der Waals surface area contributed by atoms with E-state index >= 15 is 0 Å². The van der Waals surface area contributed by atoms with Gasteiger partial charge in [0.1, 0.15) is 0 Å². The van der Waals surface area contributed by atoms with Crippen LogP contribution in [0.25, 0.3) is 11.1 Å². The predicted octanol–water partition coefficient (Wildman–Crippen LogP) is 6.56. The summed E-state index contributed by atoms with van der Waals surface area (Å²) in [6, 6.07) is 12.3. The van der Waals surface area contributed by atoms with Gasteiger partial charge in [0, 0.05) is 22.9 Å². The summed E-state index contributed by atoms with van der Waals surface area (Å²) in [6.45, 7) is 3.08. The van der Waals surface area contributed by atoms with Crippen LogP contribution in [0.3, 0.4) is 0 Å². The van der Waals surface area contributed by atoms with Crippen molar-refractivity contribution in [2.45, 2.75) is 45.2 Å². The van der Waals surface area contributed by atoms with Gasteiger partial charge in [-0.1, -0.05) is 18.2 Å². The molecule has 0 saturated heterocycles. The van der Waals surface area contributed by atoms with E-state index in [9.17, 15) is 27.6 Å². The fourth-order valence-corrected chi connectivity index (χ4v) is 4.10. The number of nitrogens with zero attached hydrogens (tertiary/aromatic N) is 1. The highest BCUT2D eigenvalue weighted by molar-refractivity contribution is 6.12. The van der Waals surface area contributed by atoms with E-state index in [0.29, 0.717) is 12.0 Å². The van der Waals surface area contributed by atoms with Gasteiger partial charge in [-0.2, -0.15) is 13.2 Å². The first-order valence-corrected chi connectivity index (χ1v) is 11.5. The highest BCUT2D eigenvalue weighted by Gasteiger charge is 2.33. The smallest absolute Gasteiger partial charge is 0.416 e. The summed E-state index contributed by atoms with van der Waals surface area (Å²) in [4.78, 5) is 41.1. The number of rotatable bonds is 7. The first-order chi connectivity index (χ1) is 17.4. The molecule has 0 aliphatic heterocycles. The second kappa shape index (κ2) is 10.0. The summed E-state index contributed by atoms with van der Waals surface area (Å²) in [5.41, 5.74) is 1.92. The molecule has 192 valence electrons. The molecule has 4 rings (SSSR count). The maximum atomic E-state index is 13.4. The van der Waals surface area contributed by atoms with Gasteiger partial charge in [-0.05, 0) is 73.7 Å². The fraction of sp³-hybridized carbons (Fsp3) is 0.259. The topological polar surface area (TPSA) is 108 Å². The third-order valence-corrected chi connectivity index (χ3v) is 5.99. The van der Waals surface area contributed by atoms with Crippen LogP contribution in [-0.4, -0.2) is 27.9 Å². The van der Waals surface area contributed by atoms with Crippen LogP contribution < -0.4 is 10.6 Å². The number of aryl methyl sites for hydroxylation is 2. The normalized spacial score (nSPS) is 13.2. The molecule has 2 amide bonds. The van der Waals surface area contributed by atoms with E-state index in [1.165, 1.54) is 6.92 Å². The molecule has 0 atom stereocenters. The molecule has 1 aliphatic rings. The number of anilines is 2. The van der Waals surface area contributed by atoms with E-state index in [0.717, 1.165) is 41.4 Å². The summed E-state index contributed by atoms with van der Waals surface area (Å²) in [6.07, 6.45) is -4.68. The van der Waals surface area contributed by atoms with Crippen molar-refractivity contribution in [2.75, 3.05) is 10.6 Å². The van der Waals surface area contributed by atoms with Gasteiger partial charge in [0.25, 0.3) is 0 Å². The highest BCUT2D eigenvalue weighted by Crippen LogP contribution is 2.40. The van der Waals surface area contributed by atoms with Crippen LogP contribution in [0.4, 0.5) is 29.3 Å². The van der Waals surface area contributed by atoms with E-state index in [2.05, 4.69) is 10.3 Å². The van der Waals surface area contributed by atoms with Crippen molar-refractivity contribution in [3.05, 3.63) is 76.6 Å². The number of hydrogen-bond acceptors (Lipinski definition) is 4. The first kappa shape index (κ1) is 25.9. The Morgan fingerprint density at radius 1 is 0.973 bits per heavy atom. The number of carboxylic acid groups (broad SMARTS) is 1. The molecule has 0 radical (unpaired) electrons. The van der Waals surface area contributed by atoms with E-state index in [1.807, 2.05) is 30.4 Å². The van der Waals surface area contributed by atoms with Gasteiger partial charge in [-0.15, -0.1) is 0 Å². The Labute approximate surface area is 210 Å². The number of aromatic nitrogens is 1.